The van der Waals surface area contributed by atoms with E-state index in [0.29, 0.717) is 28.3 Å². The Kier molecular flexibility index (Phi) is 4.43. The summed E-state index contributed by atoms with van der Waals surface area (Å²) in [6.07, 6.45) is 1.60. The molecular formula is C22H20BrNO3. The summed E-state index contributed by atoms with van der Waals surface area (Å²) in [5, 5.41) is 9.71. The van der Waals surface area contributed by atoms with Crippen LogP contribution in [-0.2, 0) is 9.47 Å². The number of nitrogens with zero attached hydrogens (tertiary/aromatic N) is 1. The number of rotatable bonds is 5. The van der Waals surface area contributed by atoms with Crippen LogP contribution in [0.1, 0.15) is 24.5 Å². The minimum Gasteiger partial charge on any atom is -0.457 e. The maximum atomic E-state index is 9.71. The predicted molar refractivity (Wildman–Crippen MR) is 103 cm³/mol. The average Bonchev–Trinajstić information content (AvgIpc) is 3.32. The summed E-state index contributed by atoms with van der Waals surface area (Å²) >= 11 is 3.78. The number of hydrogen-bond donors (Lipinski definition) is 0. The zero-order valence-electron chi connectivity index (χ0n) is 14.7. The highest BCUT2D eigenvalue weighted by Crippen LogP contribution is 2.59. The molecule has 27 heavy (non-hydrogen) atoms. The van der Waals surface area contributed by atoms with Crippen molar-refractivity contribution in [1.82, 2.24) is 0 Å². The number of halogens is 1. The zero-order valence-corrected chi connectivity index (χ0v) is 16.3. The quantitative estimate of drug-likeness (QED) is 0.617. The molecule has 4 nitrogen and oxygen atoms in total. The summed E-state index contributed by atoms with van der Waals surface area (Å²) in [6, 6.07) is 19.4. The number of para-hydroxylation sites is 1. The lowest BCUT2D eigenvalue weighted by molar-refractivity contribution is -0.161. The number of benzene rings is 2. The Morgan fingerprint density at radius 3 is 2.56 bits per heavy atom. The maximum absolute atomic E-state index is 9.71. The second-order valence-electron chi connectivity index (χ2n) is 7.61. The fraction of sp³-hybridized carbons (Fsp3) is 0.409. The number of hydrogen-bond acceptors (Lipinski definition) is 4. The molecule has 6 unspecified atom stereocenters. The van der Waals surface area contributed by atoms with Gasteiger partial charge in [0.1, 0.15) is 11.5 Å². The molecule has 2 aliphatic carbocycles. The normalized spacial score (nSPS) is 34.4. The molecule has 1 saturated heterocycles. The van der Waals surface area contributed by atoms with Gasteiger partial charge in [-0.3, -0.25) is 0 Å². The first kappa shape index (κ1) is 17.2. The highest BCUT2D eigenvalue weighted by atomic mass is 79.9. The van der Waals surface area contributed by atoms with Gasteiger partial charge < -0.3 is 14.2 Å². The lowest BCUT2D eigenvalue weighted by Gasteiger charge is -2.22. The Labute approximate surface area is 167 Å². The average molecular weight is 426 g/mol. The van der Waals surface area contributed by atoms with Crippen LogP contribution in [0.3, 0.4) is 0 Å². The summed E-state index contributed by atoms with van der Waals surface area (Å²) in [5.74, 6) is 3.11. The van der Waals surface area contributed by atoms with E-state index in [2.05, 4.69) is 22.0 Å². The molecule has 3 fully saturated rings. The van der Waals surface area contributed by atoms with Gasteiger partial charge in [-0.15, -0.1) is 0 Å². The van der Waals surface area contributed by atoms with E-state index >= 15 is 0 Å². The molecule has 3 aliphatic rings. The summed E-state index contributed by atoms with van der Waals surface area (Å²) in [4.78, 5) is 0.426. The van der Waals surface area contributed by atoms with Gasteiger partial charge >= 0.3 is 0 Å². The molecule has 7 atom stereocenters. The smallest absolute Gasteiger partial charge is 0.172 e. The third-order valence-electron chi connectivity index (χ3n) is 6.05. The van der Waals surface area contributed by atoms with E-state index in [1.165, 1.54) is 6.42 Å². The molecule has 1 heterocycles. The Morgan fingerprint density at radius 1 is 1.04 bits per heavy atom. The lowest BCUT2D eigenvalue weighted by Crippen LogP contribution is -2.26. The summed E-state index contributed by atoms with van der Waals surface area (Å²) in [5.41, 5.74) is 0.790. The van der Waals surface area contributed by atoms with Crippen molar-refractivity contribution in [2.24, 2.45) is 17.8 Å². The van der Waals surface area contributed by atoms with Crippen molar-refractivity contribution in [1.29, 1.82) is 5.26 Å². The van der Waals surface area contributed by atoms with Gasteiger partial charge in [-0.1, -0.05) is 46.3 Å². The second kappa shape index (κ2) is 6.94. The van der Waals surface area contributed by atoms with Crippen LogP contribution in [0.5, 0.6) is 11.5 Å². The molecule has 0 aromatic heterocycles. The highest BCUT2D eigenvalue weighted by Gasteiger charge is 2.60. The van der Waals surface area contributed by atoms with Crippen LogP contribution in [-0.4, -0.2) is 17.2 Å². The van der Waals surface area contributed by atoms with E-state index in [1.54, 1.807) is 0 Å². The van der Waals surface area contributed by atoms with Gasteiger partial charge in [0.05, 0.1) is 12.2 Å². The van der Waals surface area contributed by atoms with Crippen LogP contribution in [0.25, 0.3) is 0 Å². The first-order valence-electron chi connectivity index (χ1n) is 9.40. The van der Waals surface area contributed by atoms with Crippen molar-refractivity contribution in [3.63, 3.8) is 0 Å². The first-order valence-corrected chi connectivity index (χ1v) is 10.3. The second-order valence-corrected chi connectivity index (χ2v) is 8.66. The Bertz CT molecular complexity index is 867. The molecule has 2 saturated carbocycles. The standard InChI is InChI=1S/C22H20BrNO3/c23-20-14-10-17-18(11-14)22(27-21(17)20)26-19(12-24)13-5-4-8-16(9-13)25-15-6-2-1-3-7-15/h1-9,14,17-22H,10-11H2/t14?,17?,18?,19?,20-,21?,22?/m0/s1. The van der Waals surface area contributed by atoms with Crippen molar-refractivity contribution in [3.05, 3.63) is 60.2 Å². The van der Waals surface area contributed by atoms with Crippen molar-refractivity contribution < 1.29 is 14.2 Å². The number of alkyl halides is 1. The Hall–Kier alpha value is -1.87. The molecule has 0 N–H and O–H groups in total. The van der Waals surface area contributed by atoms with Gasteiger partial charge in [0.25, 0.3) is 0 Å². The van der Waals surface area contributed by atoms with Crippen LogP contribution in [0, 0.1) is 29.1 Å². The zero-order chi connectivity index (χ0) is 18.4. The largest absolute Gasteiger partial charge is 0.457 e. The lowest BCUT2D eigenvalue weighted by atomic mass is 9.89. The van der Waals surface area contributed by atoms with Gasteiger partial charge in [-0.05, 0) is 54.5 Å². The highest BCUT2D eigenvalue weighted by molar-refractivity contribution is 9.09. The van der Waals surface area contributed by atoms with Gasteiger partial charge in [0, 0.05) is 10.7 Å². The van der Waals surface area contributed by atoms with E-state index in [-0.39, 0.29) is 12.4 Å². The van der Waals surface area contributed by atoms with Crippen molar-refractivity contribution in [2.75, 3.05) is 0 Å². The monoisotopic (exact) mass is 425 g/mol. The third-order valence-corrected chi connectivity index (χ3v) is 7.32. The molecule has 0 amide bonds. The van der Waals surface area contributed by atoms with E-state index in [9.17, 15) is 5.26 Å². The van der Waals surface area contributed by atoms with Crippen LogP contribution >= 0.6 is 15.9 Å². The van der Waals surface area contributed by atoms with Crippen LogP contribution in [0.4, 0.5) is 0 Å². The molecule has 2 aromatic carbocycles. The maximum Gasteiger partial charge on any atom is 0.172 e. The molecule has 1 aliphatic heterocycles. The summed E-state index contributed by atoms with van der Waals surface area (Å²) < 4.78 is 18.2. The third kappa shape index (κ3) is 3.06. The van der Waals surface area contributed by atoms with Crippen molar-refractivity contribution in [2.45, 2.75) is 36.2 Å². The Morgan fingerprint density at radius 2 is 1.81 bits per heavy atom. The molecule has 0 spiro atoms. The van der Waals surface area contributed by atoms with E-state index in [0.717, 1.165) is 17.7 Å². The summed E-state index contributed by atoms with van der Waals surface area (Å²) in [7, 11) is 0. The minimum atomic E-state index is -0.667. The van der Waals surface area contributed by atoms with E-state index in [1.807, 2.05) is 54.6 Å². The minimum absolute atomic E-state index is 0.228. The fourth-order valence-corrected chi connectivity index (χ4v) is 5.80. The van der Waals surface area contributed by atoms with Gasteiger partial charge in [0.2, 0.25) is 0 Å². The van der Waals surface area contributed by atoms with Crippen molar-refractivity contribution >= 4 is 15.9 Å². The molecule has 0 radical (unpaired) electrons. The van der Waals surface area contributed by atoms with Crippen LogP contribution in [0.2, 0.25) is 0 Å². The fourth-order valence-electron chi connectivity index (χ4n) is 4.85. The molecule has 5 rings (SSSR count). The van der Waals surface area contributed by atoms with E-state index in [4.69, 9.17) is 14.2 Å². The Balaban J connectivity index is 1.32. The van der Waals surface area contributed by atoms with Gasteiger partial charge in [-0.2, -0.15) is 5.26 Å². The van der Waals surface area contributed by atoms with E-state index < -0.39 is 6.10 Å². The van der Waals surface area contributed by atoms with Gasteiger partial charge in [0.15, 0.2) is 12.4 Å². The van der Waals surface area contributed by atoms with Crippen LogP contribution < -0.4 is 4.74 Å². The molecular weight excluding hydrogens is 406 g/mol. The number of fused-ring (bicyclic) bond motifs is 1. The first-order chi connectivity index (χ1) is 13.2. The topological polar surface area (TPSA) is 51.5 Å². The van der Waals surface area contributed by atoms with Crippen LogP contribution in [0.15, 0.2) is 54.6 Å². The molecule has 2 aromatic rings. The molecule has 138 valence electrons. The van der Waals surface area contributed by atoms with Crippen molar-refractivity contribution in [3.8, 4) is 17.6 Å². The number of nitriles is 1. The summed E-state index contributed by atoms with van der Waals surface area (Å²) in [6.45, 7) is 0. The van der Waals surface area contributed by atoms with Gasteiger partial charge in [-0.25, -0.2) is 0 Å². The SMILES string of the molecule is N#CC(OC1OC2C3CC(CC13)[C@@H]2Br)c1cccc(Oc2ccccc2)c1. The number of ether oxygens (including phenoxy) is 3. The molecule has 2 bridgehead atoms. The predicted octanol–water partition coefficient (Wildman–Crippen LogP) is 5.20. The molecule has 5 heteroatoms.